The third-order valence-corrected chi connectivity index (χ3v) is 3.22. The molecule has 0 aliphatic carbocycles. The van der Waals surface area contributed by atoms with Crippen molar-refractivity contribution in [2.24, 2.45) is 0 Å². The van der Waals surface area contributed by atoms with Gasteiger partial charge in [-0.25, -0.2) is 14.2 Å². The first-order chi connectivity index (χ1) is 11.2. The summed E-state index contributed by atoms with van der Waals surface area (Å²) in [6, 6.07) is 14.9. The summed E-state index contributed by atoms with van der Waals surface area (Å²) in [5, 5.41) is 7.93. The molecule has 0 amide bonds. The minimum Gasteiger partial charge on any atom is -0.464 e. The van der Waals surface area contributed by atoms with Gasteiger partial charge in [0.15, 0.2) is 11.5 Å². The van der Waals surface area contributed by atoms with Crippen molar-refractivity contribution in [3.05, 3.63) is 66.1 Å². The van der Waals surface area contributed by atoms with Gasteiger partial charge in [0.2, 0.25) is 0 Å². The quantitative estimate of drug-likeness (QED) is 0.695. The Hall–Kier alpha value is -3.15. The summed E-state index contributed by atoms with van der Waals surface area (Å²) < 4.78 is 17.8. The van der Waals surface area contributed by atoms with Crippen molar-refractivity contribution < 1.29 is 13.9 Å². The largest absolute Gasteiger partial charge is 0.464 e. The fraction of sp³-hybridized carbons (Fsp3) is 0.0588. The third kappa shape index (κ3) is 3.06. The van der Waals surface area contributed by atoms with Crippen LogP contribution in [0, 0.1) is 5.82 Å². The fourth-order valence-corrected chi connectivity index (χ4v) is 2.08. The number of nitrogens with zero attached hydrogens (tertiary/aromatic N) is 3. The summed E-state index contributed by atoms with van der Waals surface area (Å²) >= 11 is 0. The van der Waals surface area contributed by atoms with Crippen molar-refractivity contribution in [2.45, 2.75) is 0 Å². The lowest BCUT2D eigenvalue weighted by molar-refractivity contribution is 0.0593. The molecule has 0 aliphatic rings. The Bertz CT molecular complexity index is 836. The van der Waals surface area contributed by atoms with Crippen molar-refractivity contribution >= 4 is 5.97 Å². The molecule has 0 saturated carbocycles. The van der Waals surface area contributed by atoms with E-state index < -0.39 is 5.97 Å². The molecule has 114 valence electrons. The van der Waals surface area contributed by atoms with Gasteiger partial charge in [-0.3, -0.25) is 0 Å². The second-order valence-electron chi connectivity index (χ2n) is 4.70. The first-order valence-electron chi connectivity index (χ1n) is 6.83. The minimum atomic E-state index is -0.649. The van der Waals surface area contributed by atoms with E-state index in [0.29, 0.717) is 17.1 Å². The molecule has 0 aliphatic heterocycles. The summed E-state index contributed by atoms with van der Waals surface area (Å²) in [4.78, 5) is 16.3. The van der Waals surface area contributed by atoms with E-state index >= 15 is 0 Å². The van der Waals surface area contributed by atoms with Crippen molar-refractivity contribution in [2.75, 3.05) is 7.11 Å². The first-order valence-corrected chi connectivity index (χ1v) is 6.83. The molecule has 0 N–H and O–H groups in total. The molecule has 3 rings (SSSR count). The molecule has 3 aromatic rings. The molecule has 0 unspecified atom stereocenters. The molecule has 0 saturated heterocycles. The molecular formula is C17H12FN3O2. The van der Waals surface area contributed by atoms with E-state index in [0.717, 1.165) is 5.56 Å². The van der Waals surface area contributed by atoms with Crippen LogP contribution in [-0.4, -0.2) is 28.3 Å². The van der Waals surface area contributed by atoms with Crippen LogP contribution in [0.1, 0.15) is 10.5 Å². The zero-order valence-corrected chi connectivity index (χ0v) is 12.2. The zero-order chi connectivity index (χ0) is 16.2. The number of carbonyl (C=O) groups is 1. The SMILES string of the molecule is COC(=O)c1nnc(-c2ccccc2)nc1-c1ccc(F)cc1. The summed E-state index contributed by atoms with van der Waals surface area (Å²) in [5.74, 6) is -0.653. The van der Waals surface area contributed by atoms with E-state index in [-0.39, 0.29) is 11.5 Å². The van der Waals surface area contributed by atoms with Gasteiger partial charge in [0.05, 0.1) is 7.11 Å². The van der Waals surface area contributed by atoms with Gasteiger partial charge in [0.25, 0.3) is 0 Å². The van der Waals surface area contributed by atoms with Crippen molar-refractivity contribution in [3.63, 3.8) is 0 Å². The number of benzene rings is 2. The lowest BCUT2D eigenvalue weighted by Crippen LogP contribution is -2.11. The Morgan fingerprint density at radius 3 is 2.30 bits per heavy atom. The number of esters is 1. The predicted octanol–water partition coefficient (Wildman–Crippen LogP) is 3.13. The number of rotatable bonds is 3. The average molecular weight is 309 g/mol. The van der Waals surface area contributed by atoms with Gasteiger partial charge in [-0.05, 0) is 24.3 Å². The van der Waals surface area contributed by atoms with E-state index in [1.807, 2.05) is 30.3 Å². The van der Waals surface area contributed by atoms with Crippen LogP contribution in [0.15, 0.2) is 54.6 Å². The normalized spacial score (nSPS) is 10.3. The Labute approximate surface area is 131 Å². The maximum Gasteiger partial charge on any atom is 0.360 e. The molecule has 1 aromatic heterocycles. The monoisotopic (exact) mass is 309 g/mol. The van der Waals surface area contributed by atoms with Crippen molar-refractivity contribution in [3.8, 4) is 22.6 Å². The van der Waals surface area contributed by atoms with E-state index in [9.17, 15) is 9.18 Å². The van der Waals surface area contributed by atoms with Gasteiger partial charge in [0.1, 0.15) is 11.5 Å². The van der Waals surface area contributed by atoms with Gasteiger partial charge in [-0.1, -0.05) is 30.3 Å². The lowest BCUT2D eigenvalue weighted by Gasteiger charge is -2.08. The van der Waals surface area contributed by atoms with E-state index in [2.05, 4.69) is 15.2 Å². The van der Waals surface area contributed by atoms with Crippen LogP contribution < -0.4 is 0 Å². The van der Waals surface area contributed by atoms with Crippen LogP contribution in [0.5, 0.6) is 0 Å². The Balaban J connectivity index is 2.16. The number of hydrogen-bond acceptors (Lipinski definition) is 5. The summed E-state index contributed by atoms with van der Waals surface area (Å²) in [7, 11) is 1.25. The maximum atomic E-state index is 13.1. The van der Waals surface area contributed by atoms with Crippen LogP contribution in [0.2, 0.25) is 0 Å². The standard InChI is InChI=1S/C17H12FN3O2/c1-23-17(22)15-14(11-7-9-13(18)10-8-11)19-16(21-20-15)12-5-3-2-4-6-12/h2-10H,1H3. The average Bonchev–Trinajstić information content (AvgIpc) is 2.62. The Kier molecular flexibility index (Phi) is 4.05. The highest BCUT2D eigenvalue weighted by atomic mass is 19.1. The molecule has 5 nitrogen and oxygen atoms in total. The molecule has 6 heteroatoms. The Morgan fingerprint density at radius 2 is 1.65 bits per heavy atom. The van der Waals surface area contributed by atoms with Crippen LogP contribution in [0.3, 0.4) is 0 Å². The molecule has 2 aromatic carbocycles. The third-order valence-electron chi connectivity index (χ3n) is 3.22. The van der Waals surface area contributed by atoms with Gasteiger partial charge >= 0.3 is 5.97 Å². The molecular weight excluding hydrogens is 297 g/mol. The molecule has 0 spiro atoms. The second kappa shape index (κ2) is 6.31. The summed E-state index contributed by atoms with van der Waals surface area (Å²) in [6.45, 7) is 0. The summed E-state index contributed by atoms with van der Waals surface area (Å²) in [6.07, 6.45) is 0. The number of carbonyl (C=O) groups excluding carboxylic acids is 1. The lowest BCUT2D eigenvalue weighted by atomic mass is 10.1. The number of hydrogen-bond donors (Lipinski definition) is 0. The van der Waals surface area contributed by atoms with Crippen LogP contribution >= 0.6 is 0 Å². The maximum absolute atomic E-state index is 13.1. The fourth-order valence-electron chi connectivity index (χ4n) is 2.08. The van der Waals surface area contributed by atoms with Crippen LogP contribution in [0.25, 0.3) is 22.6 Å². The molecule has 0 fully saturated rings. The van der Waals surface area contributed by atoms with Gasteiger partial charge in [-0.2, -0.15) is 0 Å². The molecule has 23 heavy (non-hydrogen) atoms. The number of methoxy groups -OCH3 is 1. The first kappa shape index (κ1) is 14.8. The predicted molar refractivity (Wildman–Crippen MR) is 82.0 cm³/mol. The van der Waals surface area contributed by atoms with E-state index in [1.54, 1.807) is 0 Å². The van der Waals surface area contributed by atoms with E-state index in [4.69, 9.17) is 4.74 Å². The Morgan fingerprint density at radius 1 is 0.957 bits per heavy atom. The molecule has 0 atom stereocenters. The molecule has 0 radical (unpaired) electrons. The van der Waals surface area contributed by atoms with Gasteiger partial charge in [-0.15, -0.1) is 10.2 Å². The number of aromatic nitrogens is 3. The van der Waals surface area contributed by atoms with E-state index in [1.165, 1.54) is 31.4 Å². The zero-order valence-electron chi connectivity index (χ0n) is 12.2. The van der Waals surface area contributed by atoms with Crippen molar-refractivity contribution in [1.82, 2.24) is 15.2 Å². The summed E-state index contributed by atoms with van der Waals surface area (Å²) in [5.41, 5.74) is 1.60. The smallest absolute Gasteiger partial charge is 0.360 e. The number of halogens is 1. The molecule has 1 heterocycles. The van der Waals surface area contributed by atoms with Crippen molar-refractivity contribution in [1.29, 1.82) is 0 Å². The highest BCUT2D eigenvalue weighted by molar-refractivity contribution is 5.94. The highest BCUT2D eigenvalue weighted by Gasteiger charge is 2.19. The highest BCUT2D eigenvalue weighted by Crippen LogP contribution is 2.23. The topological polar surface area (TPSA) is 65.0 Å². The van der Waals surface area contributed by atoms with Gasteiger partial charge < -0.3 is 4.74 Å². The van der Waals surface area contributed by atoms with Crippen LogP contribution in [-0.2, 0) is 4.74 Å². The van der Waals surface area contributed by atoms with Crippen LogP contribution in [0.4, 0.5) is 4.39 Å². The number of ether oxygens (including phenoxy) is 1. The minimum absolute atomic E-state index is 0.0150. The molecule has 0 bridgehead atoms. The second-order valence-corrected chi connectivity index (χ2v) is 4.70. The van der Waals surface area contributed by atoms with Gasteiger partial charge in [0, 0.05) is 11.1 Å².